The number of nitrogens with zero attached hydrogens (tertiary/aromatic N) is 1. The van der Waals surface area contributed by atoms with E-state index in [-0.39, 0.29) is 25.7 Å². The molecule has 8 heteroatoms. The van der Waals surface area contributed by atoms with Gasteiger partial charge in [-0.05, 0) is 60.8 Å². The molecule has 0 bridgehead atoms. The van der Waals surface area contributed by atoms with E-state index >= 15 is 4.79 Å². The van der Waals surface area contributed by atoms with Crippen molar-refractivity contribution in [3.63, 3.8) is 0 Å². The van der Waals surface area contributed by atoms with Crippen molar-refractivity contribution in [2.75, 3.05) is 0 Å². The van der Waals surface area contributed by atoms with Gasteiger partial charge in [0, 0.05) is 24.0 Å². The van der Waals surface area contributed by atoms with Crippen LogP contribution in [0.25, 0.3) is 0 Å². The van der Waals surface area contributed by atoms with Gasteiger partial charge >= 0.3 is 0 Å². The number of benzene rings is 4. The summed E-state index contributed by atoms with van der Waals surface area (Å²) in [7, 11) is 0. The zero-order chi connectivity index (χ0) is 33.9. The molecule has 6 atom stereocenters. The first-order chi connectivity index (χ1) is 23.1. The second-order valence-corrected chi connectivity index (χ2v) is 13.3. The number of amides is 2. The van der Waals surface area contributed by atoms with Crippen LogP contribution in [0.3, 0.4) is 0 Å². The predicted molar refractivity (Wildman–Crippen MR) is 182 cm³/mol. The summed E-state index contributed by atoms with van der Waals surface area (Å²) in [6, 6.07) is 33.6. The van der Waals surface area contributed by atoms with Crippen molar-refractivity contribution in [3.8, 4) is 0 Å². The number of aliphatic hydroxyl groups is 4. The van der Waals surface area contributed by atoms with Crippen molar-refractivity contribution in [1.29, 1.82) is 0 Å². The first-order valence-corrected chi connectivity index (χ1v) is 16.8. The van der Waals surface area contributed by atoms with Crippen molar-refractivity contribution >= 4 is 11.8 Å². The lowest BCUT2D eigenvalue weighted by Gasteiger charge is -2.49. The fourth-order valence-electron chi connectivity index (χ4n) is 7.78. The van der Waals surface area contributed by atoms with Gasteiger partial charge in [-0.25, -0.2) is 0 Å². The molecular weight excluding hydrogens is 604 g/mol. The summed E-state index contributed by atoms with van der Waals surface area (Å²) in [5.41, 5.74) is 6.63. The van der Waals surface area contributed by atoms with E-state index in [0.717, 1.165) is 22.3 Å². The summed E-state index contributed by atoms with van der Waals surface area (Å²) in [5, 5.41) is 48.8. The van der Waals surface area contributed by atoms with Crippen molar-refractivity contribution < 1.29 is 30.0 Å². The zero-order valence-corrected chi connectivity index (χ0v) is 27.0. The Morgan fingerprint density at radius 2 is 1.02 bits per heavy atom. The van der Waals surface area contributed by atoms with Crippen LogP contribution < -0.4 is 5.73 Å². The van der Waals surface area contributed by atoms with Crippen LogP contribution in [0.2, 0.25) is 0 Å². The van der Waals surface area contributed by atoms with Crippen LogP contribution >= 0.6 is 0 Å². The average molecular weight is 649 g/mol. The van der Waals surface area contributed by atoms with E-state index in [9.17, 15) is 25.2 Å². The van der Waals surface area contributed by atoms with Crippen molar-refractivity contribution in [3.05, 3.63) is 143 Å². The highest BCUT2D eigenvalue weighted by atomic mass is 16.4. The smallest absolute Gasteiger partial charge is 0.233 e. The van der Waals surface area contributed by atoms with Gasteiger partial charge in [-0.15, -0.1) is 0 Å². The Hall–Kier alpha value is -4.34. The van der Waals surface area contributed by atoms with Gasteiger partial charge < -0.3 is 26.2 Å². The lowest BCUT2D eigenvalue weighted by atomic mass is 9.81. The fraction of sp³-hybridized carbons (Fsp3) is 0.350. The topological polar surface area (TPSA) is 144 Å². The number of rotatable bonds is 13. The number of carbonyl (C=O) groups excluding carboxylic acids is 2. The van der Waals surface area contributed by atoms with Crippen molar-refractivity contribution in [1.82, 2.24) is 4.90 Å². The molecule has 0 radical (unpaired) electrons. The van der Waals surface area contributed by atoms with E-state index in [2.05, 4.69) is 0 Å². The number of primary amides is 1. The standard InChI is InChI=1S/C40H44N2O6/c41-37(45)31(21-19-27-11-3-1-4-12-27)35(43)36(44)32(22-20-28-13-5-2-6-14-28)38(46)42(39(47)25-23-29-15-7-9-17-33(29)39)40(48)26-24-30-16-8-10-18-34(30)40/h1-18,31-32,35-36,43-44,47-48H,19-26H2,(H2,41,45). The number of aliphatic hydroxyl groups excluding tert-OH is 2. The molecule has 2 aliphatic rings. The Morgan fingerprint density at radius 1 is 0.625 bits per heavy atom. The van der Waals surface area contributed by atoms with E-state index in [0.29, 0.717) is 36.8 Å². The number of aryl methyl sites for hydroxylation is 4. The second kappa shape index (κ2) is 14.0. The lowest BCUT2D eigenvalue weighted by Crippen LogP contribution is -2.62. The Balaban J connectivity index is 1.40. The molecule has 0 saturated carbocycles. The minimum atomic E-state index is -1.90. The third kappa shape index (κ3) is 6.41. The highest BCUT2D eigenvalue weighted by Gasteiger charge is 2.57. The summed E-state index contributed by atoms with van der Waals surface area (Å²) >= 11 is 0. The minimum Gasteiger partial charge on any atom is -0.390 e. The van der Waals surface area contributed by atoms with Gasteiger partial charge in [0.05, 0.1) is 24.0 Å². The van der Waals surface area contributed by atoms with Gasteiger partial charge in [0.15, 0.2) is 11.4 Å². The highest BCUT2D eigenvalue weighted by molar-refractivity contribution is 5.82. The molecule has 6 N–H and O–H groups in total. The molecule has 250 valence electrons. The van der Waals surface area contributed by atoms with Crippen LogP contribution in [-0.4, -0.2) is 49.3 Å². The Bertz CT molecular complexity index is 1670. The van der Waals surface area contributed by atoms with Crippen LogP contribution in [0.4, 0.5) is 0 Å². The fourth-order valence-corrected chi connectivity index (χ4v) is 7.78. The SMILES string of the molecule is NC(=O)C(CCc1ccccc1)C(O)C(O)C(CCc1ccccc1)C(=O)N(C1(O)CCc2ccccc21)C1(O)CCc2ccccc21. The van der Waals surface area contributed by atoms with Gasteiger partial charge in [-0.1, -0.05) is 109 Å². The quantitative estimate of drug-likeness (QED) is 0.138. The molecule has 0 fully saturated rings. The van der Waals surface area contributed by atoms with E-state index in [1.807, 2.05) is 84.9 Å². The van der Waals surface area contributed by atoms with Crippen LogP contribution in [0.5, 0.6) is 0 Å². The van der Waals surface area contributed by atoms with Crippen molar-refractivity contribution in [2.24, 2.45) is 17.6 Å². The molecule has 2 aliphatic carbocycles. The third-order valence-electron chi connectivity index (χ3n) is 10.4. The molecule has 4 aromatic rings. The second-order valence-electron chi connectivity index (χ2n) is 13.3. The van der Waals surface area contributed by atoms with E-state index in [1.165, 1.54) is 4.90 Å². The molecule has 0 saturated heterocycles. The molecule has 6 unspecified atom stereocenters. The molecule has 8 nitrogen and oxygen atoms in total. The summed E-state index contributed by atoms with van der Waals surface area (Å²) in [5.74, 6) is -3.93. The number of hydrogen-bond acceptors (Lipinski definition) is 6. The maximum atomic E-state index is 15.2. The molecular formula is C40H44N2O6. The van der Waals surface area contributed by atoms with E-state index < -0.39 is 47.3 Å². The average Bonchev–Trinajstić information content (AvgIpc) is 3.62. The van der Waals surface area contributed by atoms with Gasteiger partial charge in [0.25, 0.3) is 0 Å². The van der Waals surface area contributed by atoms with Crippen molar-refractivity contribution in [2.45, 2.75) is 75.0 Å². The Labute approximate surface area is 281 Å². The monoisotopic (exact) mass is 648 g/mol. The molecule has 2 amide bonds. The number of nitrogens with two attached hydrogens (primary N) is 1. The van der Waals surface area contributed by atoms with Gasteiger partial charge in [0.1, 0.15) is 0 Å². The maximum absolute atomic E-state index is 15.2. The summed E-state index contributed by atoms with van der Waals surface area (Å²) < 4.78 is 0. The normalized spacial score (nSPS) is 22.2. The van der Waals surface area contributed by atoms with Crippen LogP contribution in [-0.2, 0) is 46.7 Å². The Kier molecular flexibility index (Phi) is 9.80. The largest absolute Gasteiger partial charge is 0.390 e. The first-order valence-electron chi connectivity index (χ1n) is 16.8. The van der Waals surface area contributed by atoms with Gasteiger partial charge in [-0.3, -0.25) is 14.5 Å². The zero-order valence-electron chi connectivity index (χ0n) is 27.0. The molecule has 0 heterocycles. The summed E-state index contributed by atoms with van der Waals surface area (Å²) in [6.07, 6.45) is -1.10. The van der Waals surface area contributed by atoms with E-state index in [4.69, 9.17) is 5.73 Å². The molecule has 0 aliphatic heterocycles. The number of fused-ring (bicyclic) bond motifs is 2. The number of carbonyl (C=O) groups is 2. The highest BCUT2D eigenvalue weighted by Crippen LogP contribution is 2.50. The summed E-state index contributed by atoms with van der Waals surface area (Å²) in [6.45, 7) is 0. The van der Waals surface area contributed by atoms with Gasteiger partial charge in [0.2, 0.25) is 11.8 Å². The third-order valence-corrected chi connectivity index (χ3v) is 10.4. The molecule has 6 rings (SSSR count). The van der Waals surface area contributed by atoms with E-state index in [1.54, 1.807) is 24.3 Å². The molecule has 48 heavy (non-hydrogen) atoms. The molecule has 4 aromatic carbocycles. The van der Waals surface area contributed by atoms with Crippen LogP contribution in [0.1, 0.15) is 59.1 Å². The molecule has 0 aromatic heterocycles. The van der Waals surface area contributed by atoms with Crippen LogP contribution in [0.15, 0.2) is 109 Å². The lowest BCUT2D eigenvalue weighted by molar-refractivity contribution is -0.243. The summed E-state index contributed by atoms with van der Waals surface area (Å²) in [4.78, 5) is 29.1. The minimum absolute atomic E-state index is 0.0805. The number of hydrogen-bond donors (Lipinski definition) is 5. The Morgan fingerprint density at radius 3 is 1.48 bits per heavy atom. The predicted octanol–water partition coefficient (Wildman–Crippen LogP) is 4.10. The molecule has 0 spiro atoms. The van der Waals surface area contributed by atoms with Crippen LogP contribution in [0, 0.1) is 11.8 Å². The maximum Gasteiger partial charge on any atom is 0.233 e. The van der Waals surface area contributed by atoms with Gasteiger partial charge in [-0.2, -0.15) is 0 Å². The first kappa shape index (κ1) is 33.6.